The molecular formula is C14H20O2. The molecule has 0 bridgehead atoms. The first-order chi connectivity index (χ1) is 7.75. The number of phenolic OH excluding ortho intramolecular Hbond substituents is 2. The SMILES string of the molecule is CC.CC.Oc1ccc2cc(O)ccc2c1. The first kappa shape index (κ1) is 14.3. The molecule has 0 heterocycles. The smallest absolute Gasteiger partial charge is 0.116 e. The Labute approximate surface area is 97.2 Å². The van der Waals surface area contributed by atoms with Crippen LogP contribution in [0.25, 0.3) is 10.8 Å². The number of rotatable bonds is 0. The first-order valence-electron chi connectivity index (χ1n) is 5.67. The molecule has 2 nitrogen and oxygen atoms in total. The topological polar surface area (TPSA) is 40.5 Å². The molecule has 0 saturated heterocycles. The predicted octanol–water partition coefficient (Wildman–Crippen LogP) is 4.30. The summed E-state index contributed by atoms with van der Waals surface area (Å²) in [6.07, 6.45) is 0. The van der Waals surface area contributed by atoms with E-state index in [0.717, 1.165) is 10.8 Å². The van der Waals surface area contributed by atoms with Gasteiger partial charge in [-0.3, -0.25) is 0 Å². The van der Waals surface area contributed by atoms with Gasteiger partial charge in [-0.05, 0) is 35.0 Å². The molecule has 2 aromatic rings. The molecule has 0 fully saturated rings. The van der Waals surface area contributed by atoms with Crippen molar-refractivity contribution < 1.29 is 10.2 Å². The number of hydrogen-bond donors (Lipinski definition) is 2. The van der Waals surface area contributed by atoms with Gasteiger partial charge in [-0.1, -0.05) is 39.8 Å². The molecule has 0 radical (unpaired) electrons. The van der Waals surface area contributed by atoms with Gasteiger partial charge in [0, 0.05) is 0 Å². The zero-order valence-electron chi connectivity index (χ0n) is 10.4. The van der Waals surface area contributed by atoms with Crippen molar-refractivity contribution >= 4 is 10.8 Å². The monoisotopic (exact) mass is 220 g/mol. The summed E-state index contributed by atoms with van der Waals surface area (Å²) in [5, 5.41) is 20.1. The largest absolute Gasteiger partial charge is 0.508 e. The Bertz CT molecular complexity index is 381. The van der Waals surface area contributed by atoms with E-state index in [4.69, 9.17) is 10.2 Å². The van der Waals surface area contributed by atoms with E-state index < -0.39 is 0 Å². The number of hydrogen-bond acceptors (Lipinski definition) is 2. The fourth-order valence-corrected chi connectivity index (χ4v) is 1.22. The van der Waals surface area contributed by atoms with Gasteiger partial charge in [-0.15, -0.1) is 0 Å². The molecule has 0 atom stereocenters. The molecule has 0 aromatic heterocycles. The van der Waals surface area contributed by atoms with E-state index >= 15 is 0 Å². The molecule has 0 aliphatic rings. The van der Waals surface area contributed by atoms with Gasteiger partial charge in [-0.2, -0.15) is 0 Å². The molecular weight excluding hydrogens is 200 g/mol. The number of benzene rings is 2. The summed E-state index contributed by atoms with van der Waals surface area (Å²) in [6, 6.07) is 10.1. The van der Waals surface area contributed by atoms with Crippen molar-refractivity contribution in [3.8, 4) is 11.5 Å². The minimum atomic E-state index is 0.244. The second-order valence-corrected chi connectivity index (χ2v) is 2.72. The summed E-state index contributed by atoms with van der Waals surface area (Å²) in [6.45, 7) is 8.00. The van der Waals surface area contributed by atoms with Crippen molar-refractivity contribution in [3.05, 3.63) is 36.4 Å². The fourth-order valence-electron chi connectivity index (χ4n) is 1.22. The van der Waals surface area contributed by atoms with Crippen molar-refractivity contribution in [3.63, 3.8) is 0 Å². The molecule has 2 N–H and O–H groups in total. The molecule has 88 valence electrons. The molecule has 0 amide bonds. The van der Waals surface area contributed by atoms with Crippen molar-refractivity contribution in [2.45, 2.75) is 27.7 Å². The summed E-state index contributed by atoms with van der Waals surface area (Å²) >= 11 is 0. The number of aromatic hydroxyl groups is 2. The average molecular weight is 220 g/mol. The number of phenols is 2. The summed E-state index contributed by atoms with van der Waals surface area (Å²) < 4.78 is 0. The second kappa shape index (κ2) is 7.57. The number of fused-ring (bicyclic) bond motifs is 1. The standard InChI is InChI=1S/C10H8O2.2C2H6/c11-9-3-1-7-5-10(12)4-2-8(7)6-9;2*1-2/h1-6,11-12H;2*1-2H3. The Balaban J connectivity index is 0.000000509. The molecule has 0 unspecified atom stereocenters. The van der Waals surface area contributed by atoms with Crippen LogP contribution in [0.3, 0.4) is 0 Å². The maximum Gasteiger partial charge on any atom is 0.116 e. The Hall–Kier alpha value is -1.70. The molecule has 0 aliphatic carbocycles. The van der Waals surface area contributed by atoms with E-state index in [9.17, 15) is 0 Å². The van der Waals surface area contributed by atoms with Crippen molar-refractivity contribution in [2.24, 2.45) is 0 Å². The zero-order valence-corrected chi connectivity index (χ0v) is 10.4. The lowest BCUT2D eigenvalue weighted by atomic mass is 10.1. The van der Waals surface area contributed by atoms with Gasteiger partial charge in [0.15, 0.2) is 0 Å². The van der Waals surface area contributed by atoms with Gasteiger partial charge in [-0.25, -0.2) is 0 Å². The molecule has 0 saturated carbocycles. The molecule has 16 heavy (non-hydrogen) atoms. The van der Waals surface area contributed by atoms with Crippen molar-refractivity contribution in [1.29, 1.82) is 0 Å². The summed E-state index contributed by atoms with van der Waals surface area (Å²) in [5.41, 5.74) is 0. The fraction of sp³-hybridized carbons (Fsp3) is 0.286. The highest BCUT2D eigenvalue weighted by atomic mass is 16.3. The Morgan fingerprint density at radius 2 is 0.938 bits per heavy atom. The van der Waals surface area contributed by atoms with E-state index in [1.165, 1.54) is 0 Å². The first-order valence-corrected chi connectivity index (χ1v) is 5.67. The van der Waals surface area contributed by atoms with Crippen LogP contribution in [0.1, 0.15) is 27.7 Å². The van der Waals surface area contributed by atoms with E-state index in [-0.39, 0.29) is 11.5 Å². The van der Waals surface area contributed by atoms with E-state index in [0.29, 0.717) is 0 Å². The van der Waals surface area contributed by atoms with Crippen molar-refractivity contribution in [1.82, 2.24) is 0 Å². The van der Waals surface area contributed by atoms with Crippen LogP contribution < -0.4 is 0 Å². The van der Waals surface area contributed by atoms with Gasteiger partial charge in [0.05, 0.1) is 0 Å². The average Bonchev–Trinajstić information content (AvgIpc) is 2.35. The lowest BCUT2D eigenvalue weighted by Gasteiger charge is -1.98. The highest BCUT2D eigenvalue weighted by Gasteiger charge is 1.95. The van der Waals surface area contributed by atoms with Crippen LogP contribution in [0.15, 0.2) is 36.4 Å². The maximum atomic E-state index is 9.14. The highest BCUT2D eigenvalue weighted by Crippen LogP contribution is 2.23. The van der Waals surface area contributed by atoms with Gasteiger partial charge in [0.25, 0.3) is 0 Å². The second-order valence-electron chi connectivity index (χ2n) is 2.72. The van der Waals surface area contributed by atoms with Crippen LogP contribution >= 0.6 is 0 Å². The van der Waals surface area contributed by atoms with Crippen molar-refractivity contribution in [2.75, 3.05) is 0 Å². The highest BCUT2D eigenvalue weighted by molar-refractivity contribution is 5.84. The maximum absolute atomic E-state index is 9.14. The Morgan fingerprint density at radius 3 is 1.25 bits per heavy atom. The van der Waals surface area contributed by atoms with Gasteiger partial charge < -0.3 is 10.2 Å². The minimum Gasteiger partial charge on any atom is -0.508 e. The van der Waals surface area contributed by atoms with Crippen LogP contribution in [0, 0.1) is 0 Å². The van der Waals surface area contributed by atoms with Crippen LogP contribution in [0.2, 0.25) is 0 Å². The summed E-state index contributed by atoms with van der Waals surface area (Å²) in [5.74, 6) is 0.487. The van der Waals surface area contributed by atoms with Gasteiger partial charge >= 0.3 is 0 Å². The molecule has 0 aliphatic heterocycles. The normalized spacial score (nSPS) is 8.50. The lowest BCUT2D eigenvalue weighted by molar-refractivity contribution is 0.474. The third-order valence-corrected chi connectivity index (χ3v) is 1.81. The summed E-state index contributed by atoms with van der Waals surface area (Å²) in [4.78, 5) is 0. The third kappa shape index (κ3) is 3.81. The quantitative estimate of drug-likeness (QED) is 0.694. The van der Waals surface area contributed by atoms with Crippen LogP contribution in [-0.4, -0.2) is 10.2 Å². The minimum absolute atomic E-state index is 0.244. The predicted molar refractivity (Wildman–Crippen MR) is 70.0 cm³/mol. The van der Waals surface area contributed by atoms with Crippen LogP contribution in [0.4, 0.5) is 0 Å². The summed E-state index contributed by atoms with van der Waals surface area (Å²) in [7, 11) is 0. The molecule has 0 spiro atoms. The molecule has 2 aromatic carbocycles. The van der Waals surface area contributed by atoms with Crippen LogP contribution in [-0.2, 0) is 0 Å². The zero-order chi connectivity index (χ0) is 12.6. The van der Waals surface area contributed by atoms with E-state index in [1.807, 2.05) is 27.7 Å². The molecule has 2 heteroatoms. The Morgan fingerprint density at radius 1 is 0.625 bits per heavy atom. The van der Waals surface area contributed by atoms with E-state index in [2.05, 4.69) is 0 Å². The van der Waals surface area contributed by atoms with Gasteiger partial charge in [0.1, 0.15) is 11.5 Å². The van der Waals surface area contributed by atoms with Gasteiger partial charge in [0.2, 0.25) is 0 Å². The Kier molecular flexibility index (Phi) is 6.77. The third-order valence-electron chi connectivity index (χ3n) is 1.81. The van der Waals surface area contributed by atoms with Crippen LogP contribution in [0.5, 0.6) is 11.5 Å². The molecule has 2 rings (SSSR count). The lowest BCUT2D eigenvalue weighted by Crippen LogP contribution is -1.71. The van der Waals surface area contributed by atoms with E-state index in [1.54, 1.807) is 36.4 Å².